The fraction of sp³-hybridized carbons (Fsp3) is 0.185. The van der Waals surface area contributed by atoms with Gasteiger partial charge in [0.2, 0.25) is 5.95 Å². The molecule has 0 bridgehead atoms. The van der Waals surface area contributed by atoms with Gasteiger partial charge < -0.3 is 20.1 Å². The largest absolute Gasteiger partial charge is 0.497 e. The van der Waals surface area contributed by atoms with E-state index < -0.39 is 6.04 Å². The number of amides is 1. The maximum absolute atomic E-state index is 13.7. The van der Waals surface area contributed by atoms with E-state index in [0.717, 1.165) is 16.7 Å². The number of methoxy groups -OCH3 is 2. The number of pyridine rings is 1. The summed E-state index contributed by atoms with van der Waals surface area (Å²) in [6, 6.07) is 16.3. The van der Waals surface area contributed by atoms with Crippen molar-refractivity contribution in [1.82, 2.24) is 19.7 Å². The van der Waals surface area contributed by atoms with Gasteiger partial charge in [-0.05, 0) is 49.7 Å². The number of carbonyl (C=O) groups excluding carboxylic acids is 1. The first-order valence-corrected chi connectivity index (χ1v) is 11.4. The Morgan fingerprint density at radius 2 is 1.89 bits per heavy atom. The van der Waals surface area contributed by atoms with E-state index in [4.69, 9.17) is 19.6 Å². The van der Waals surface area contributed by atoms with Crippen LogP contribution in [0.4, 0.5) is 11.6 Å². The lowest BCUT2D eigenvalue weighted by Crippen LogP contribution is -2.31. The van der Waals surface area contributed by atoms with Crippen molar-refractivity contribution in [2.24, 2.45) is 0 Å². The van der Waals surface area contributed by atoms with Gasteiger partial charge in [0.25, 0.3) is 5.91 Å². The maximum atomic E-state index is 13.7. The summed E-state index contributed by atoms with van der Waals surface area (Å²) in [6.45, 7) is 3.87. The lowest BCUT2D eigenvalue weighted by atomic mass is 9.94. The van der Waals surface area contributed by atoms with Crippen LogP contribution < -0.4 is 20.1 Å². The summed E-state index contributed by atoms with van der Waals surface area (Å²) in [5.74, 6) is 2.03. The molecule has 9 heteroatoms. The minimum atomic E-state index is -0.631. The van der Waals surface area contributed by atoms with Crippen LogP contribution in [-0.4, -0.2) is 39.9 Å². The number of hydrogen-bond donors (Lipinski definition) is 2. The van der Waals surface area contributed by atoms with Gasteiger partial charge in [0.15, 0.2) is 5.82 Å². The molecule has 0 spiro atoms. The molecule has 0 saturated carbocycles. The van der Waals surface area contributed by atoms with Crippen LogP contribution in [0.3, 0.4) is 0 Å². The lowest BCUT2D eigenvalue weighted by molar-refractivity contribution is -0.113. The number of allylic oxidation sites excluding steroid dienone is 1. The van der Waals surface area contributed by atoms with Gasteiger partial charge >= 0.3 is 0 Å². The Morgan fingerprint density at radius 3 is 2.61 bits per heavy atom. The predicted molar refractivity (Wildman–Crippen MR) is 137 cm³/mol. The summed E-state index contributed by atoms with van der Waals surface area (Å²) in [7, 11) is 3.20. The SMILES string of the molecule is COc1ccc(OC)c(C2C(C(=O)Nc3cccnc3)=C(C)Nc3nc(-c4ccccc4C)nn32)c1. The highest BCUT2D eigenvalue weighted by molar-refractivity contribution is 6.06. The average Bonchev–Trinajstić information content (AvgIpc) is 3.31. The van der Waals surface area contributed by atoms with Crippen molar-refractivity contribution in [2.45, 2.75) is 19.9 Å². The molecular weight excluding hydrogens is 456 g/mol. The molecule has 0 radical (unpaired) electrons. The molecule has 0 saturated heterocycles. The van der Waals surface area contributed by atoms with E-state index in [1.165, 1.54) is 0 Å². The topological polar surface area (TPSA) is 103 Å². The van der Waals surface area contributed by atoms with Gasteiger partial charge in [-0.1, -0.05) is 24.3 Å². The maximum Gasteiger partial charge on any atom is 0.255 e. The number of fused-ring (bicyclic) bond motifs is 1. The second-order valence-corrected chi connectivity index (χ2v) is 8.39. The summed E-state index contributed by atoms with van der Waals surface area (Å²) >= 11 is 0. The Kier molecular flexibility index (Phi) is 6.12. The minimum absolute atomic E-state index is 0.290. The van der Waals surface area contributed by atoms with Crippen LogP contribution in [0, 0.1) is 6.92 Å². The second-order valence-electron chi connectivity index (χ2n) is 8.39. The fourth-order valence-corrected chi connectivity index (χ4v) is 4.36. The van der Waals surface area contributed by atoms with Crippen LogP contribution >= 0.6 is 0 Å². The molecule has 182 valence electrons. The molecule has 0 aliphatic carbocycles. The van der Waals surface area contributed by atoms with Crippen LogP contribution in [0.5, 0.6) is 11.5 Å². The Morgan fingerprint density at radius 1 is 1.06 bits per heavy atom. The number of benzene rings is 2. The van der Waals surface area contributed by atoms with Gasteiger partial charge in [-0.3, -0.25) is 9.78 Å². The Balaban J connectivity index is 1.68. The van der Waals surface area contributed by atoms with Crippen LogP contribution in [-0.2, 0) is 4.79 Å². The standard InChI is InChI=1S/C27H26N6O3/c1-16-8-5-6-10-20(16)25-31-27-29-17(2)23(26(34)30-18-9-7-13-28-15-18)24(33(27)32-25)21-14-19(35-3)11-12-22(21)36-4/h5-15,24H,1-4H3,(H,30,34)(H,29,31,32). The van der Waals surface area contributed by atoms with Crippen molar-refractivity contribution < 1.29 is 14.3 Å². The summed E-state index contributed by atoms with van der Waals surface area (Å²) in [6.07, 6.45) is 3.25. The Hall–Kier alpha value is -4.66. The molecule has 1 atom stereocenters. The van der Waals surface area contributed by atoms with Crippen molar-refractivity contribution in [1.29, 1.82) is 0 Å². The van der Waals surface area contributed by atoms with E-state index in [9.17, 15) is 4.79 Å². The first-order valence-electron chi connectivity index (χ1n) is 11.4. The third-order valence-electron chi connectivity index (χ3n) is 6.13. The van der Waals surface area contributed by atoms with Crippen molar-refractivity contribution in [3.8, 4) is 22.9 Å². The van der Waals surface area contributed by atoms with Crippen molar-refractivity contribution in [3.05, 3.63) is 89.4 Å². The first kappa shape index (κ1) is 23.1. The summed E-state index contributed by atoms with van der Waals surface area (Å²) in [5, 5.41) is 11.1. The second kappa shape index (κ2) is 9.53. The number of rotatable bonds is 6. The average molecular weight is 483 g/mol. The van der Waals surface area contributed by atoms with Crippen molar-refractivity contribution in [3.63, 3.8) is 0 Å². The molecule has 3 heterocycles. The van der Waals surface area contributed by atoms with Gasteiger partial charge in [-0.2, -0.15) is 4.98 Å². The van der Waals surface area contributed by atoms with E-state index in [0.29, 0.717) is 40.2 Å². The molecule has 1 amide bonds. The van der Waals surface area contributed by atoms with Crippen LogP contribution in [0.15, 0.2) is 78.3 Å². The van der Waals surface area contributed by atoms with Crippen molar-refractivity contribution in [2.75, 3.05) is 24.9 Å². The molecule has 36 heavy (non-hydrogen) atoms. The van der Waals surface area contributed by atoms with Gasteiger partial charge in [-0.25, -0.2) is 4.68 Å². The summed E-state index contributed by atoms with van der Waals surface area (Å²) in [4.78, 5) is 22.6. The van der Waals surface area contributed by atoms with E-state index in [1.807, 2.05) is 56.3 Å². The van der Waals surface area contributed by atoms with Crippen LogP contribution in [0.1, 0.15) is 24.1 Å². The molecule has 0 fully saturated rings. The van der Waals surface area contributed by atoms with Crippen LogP contribution in [0.2, 0.25) is 0 Å². The van der Waals surface area contributed by atoms with E-state index in [2.05, 4.69) is 15.6 Å². The zero-order chi connectivity index (χ0) is 25.2. The van der Waals surface area contributed by atoms with Gasteiger partial charge in [0.1, 0.15) is 17.5 Å². The number of ether oxygens (including phenoxy) is 2. The monoisotopic (exact) mass is 482 g/mol. The minimum Gasteiger partial charge on any atom is -0.497 e. The Labute approximate surface area is 208 Å². The molecule has 5 rings (SSSR count). The zero-order valence-corrected chi connectivity index (χ0v) is 20.4. The lowest BCUT2D eigenvalue weighted by Gasteiger charge is -2.29. The number of hydrogen-bond acceptors (Lipinski definition) is 7. The number of anilines is 2. The molecule has 9 nitrogen and oxygen atoms in total. The molecule has 2 N–H and O–H groups in total. The third kappa shape index (κ3) is 4.15. The number of carbonyl (C=O) groups is 1. The third-order valence-corrected chi connectivity index (χ3v) is 6.13. The zero-order valence-electron chi connectivity index (χ0n) is 20.4. The number of aromatic nitrogens is 4. The summed E-state index contributed by atoms with van der Waals surface area (Å²) < 4.78 is 12.9. The highest BCUT2D eigenvalue weighted by atomic mass is 16.5. The smallest absolute Gasteiger partial charge is 0.255 e. The van der Waals surface area contributed by atoms with Gasteiger partial charge in [0, 0.05) is 23.0 Å². The normalized spacial score (nSPS) is 14.6. The fourth-order valence-electron chi connectivity index (χ4n) is 4.36. The highest BCUT2D eigenvalue weighted by Crippen LogP contribution is 2.41. The van der Waals surface area contributed by atoms with E-state index in [-0.39, 0.29) is 5.91 Å². The molecule has 2 aromatic carbocycles. The van der Waals surface area contributed by atoms with Crippen LogP contribution in [0.25, 0.3) is 11.4 Å². The number of nitrogens with one attached hydrogen (secondary N) is 2. The van der Waals surface area contributed by atoms with Gasteiger partial charge in [0.05, 0.1) is 31.7 Å². The first-order chi connectivity index (χ1) is 17.5. The molecule has 1 unspecified atom stereocenters. The van der Waals surface area contributed by atoms with E-state index >= 15 is 0 Å². The highest BCUT2D eigenvalue weighted by Gasteiger charge is 2.36. The molecule has 1 aliphatic heterocycles. The number of nitrogens with zero attached hydrogens (tertiary/aromatic N) is 4. The molecule has 1 aliphatic rings. The molecular formula is C27H26N6O3. The van der Waals surface area contributed by atoms with E-state index in [1.54, 1.807) is 43.4 Å². The van der Waals surface area contributed by atoms with Crippen molar-refractivity contribution >= 4 is 17.5 Å². The number of aryl methyl sites for hydroxylation is 1. The Bertz CT molecular complexity index is 1460. The predicted octanol–water partition coefficient (Wildman–Crippen LogP) is 4.59. The molecule has 2 aromatic heterocycles. The summed E-state index contributed by atoms with van der Waals surface area (Å²) in [5.41, 5.74) is 4.40. The quantitative estimate of drug-likeness (QED) is 0.414. The molecule has 4 aromatic rings. The van der Waals surface area contributed by atoms with Gasteiger partial charge in [-0.15, -0.1) is 5.10 Å².